The van der Waals surface area contributed by atoms with Crippen molar-refractivity contribution in [1.82, 2.24) is 10.2 Å². The fourth-order valence-electron chi connectivity index (χ4n) is 1.70. The number of amides is 3. The number of carbonyl (C=O) groups excluding carboxylic acids is 4. The lowest BCUT2D eigenvalue weighted by atomic mass is 10.3. The summed E-state index contributed by atoms with van der Waals surface area (Å²) in [5, 5.41) is 2.04. The molecular formula is C12H18N2O4S. The van der Waals surface area contributed by atoms with Crippen LogP contribution in [0.4, 0.5) is 0 Å². The molecule has 7 heteroatoms. The van der Waals surface area contributed by atoms with Gasteiger partial charge in [0, 0.05) is 38.6 Å². The smallest absolute Gasteiger partial charge is 0.242 e. The van der Waals surface area contributed by atoms with Gasteiger partial charge in [0.1, 0.15) is 5.78 Å². The lowest BCUT2D eigenvalue weighted by molar-refractivity contribution is -0.138. The van der Waals surface area contributed by atoms with Crippen molar-refractivity contribution in [2.75, 3.05) is 19.3 Å². The maximum absolute atomic E-state index is 12.0. The largest absolute Gasteiger partial charge is 0.359 e. The number of likely N-dealkylation sites (tertiary alicyclic amines) is 1. The van der Waals surface area contributed by atoms with E-state index in [0.717, 1.165) is 4.90 Å². The Labute approximate surface area is 116 Å². The first-order chi connectivity index (χ1) is 8.95. The molecular weight excluding hydrogens is 268 g/mol. The van der Waals surface area contributed by atoms with Gasteiger partial charge < -0.3 is 5.32 Å². The Kier molecular flexibility index (Phi) is 6.01. The van der Waals surface area contributed by atoms with Crippen molar-refractivity contribution >= 4 is 35.3 Å². The molecule has 0 saturated carbocycles. The molecule has 0 radical (unpaired) electrons. The summed E-state index contributed by atoms with van der Waals surface area (Å²) in [7, 11) is 1.51. The summed E-state index contributed by atoms with van der Waals surface area (Å²) in [6.45, 7) is 1.62. The molecule has 1 saturated heterocycles. The van der Waals surface area contributed by atoms with Gasteiger partial charge in [-0.3, -0.25) is 24.1 Å². The zero-order chi connectivity index (χ0) is 14.4. The predicted octanol–water partition coefficient (Wildman–Crippen LogP) is -0.0377. The lowest BCUT2D eigenvalue weighted by Gasteiger charge is -2.14. The first kappa shape index (κ1) is 15.7. The van der Waals surface area contributed by atoms with Crippen LogP contribution in [0.1, 0.15) is 26.2 Å². The van der Waals surface area contributed by atoms with E-state index in [1.54, 1.807) is 0 Å². The van der Waals surface area contributed by atoms with E-state index in [2.05, 4.69) is 5.32 Å². The van der Waals surface area contributed by atoms with E-state index in [-0.39, 0.29) is 42.9 Å². The fraction of sp³-hybridized carbons (Fsp3) is 0.667. The topological polar surface area (TPSA) is 83.6 Å². The van der Waals surface area contributed by atoms with Crippen molar-refractivity contribution in [3.8, 4) is 0 Å². The third-order valence-corrected chi connectivity index (χ3v) is 4.03. The molecule has 1 aliphatic rings. The summed E-state index contributed by atoms with van der Waals surface area (Å²) >= 11 is 1.33. The van der Waals surface area contributed by atoms with Gasteiger partial charge in [-0.2, -0.15) is 0 Å². The summed E-state index contributed by atoms with van der Waals surface area (Å²) in [6.07, 6.45) is 0.689. The molecule has 1 N–H and O–H groups in total. The number of imide groups is 1. The summed E-state index contributed by atoms with van der Waals surface area (Å²) in [4.78, 5) is 46.7. The number of carbonyl (C=O) groups is 4. The zero-order valence-corrected chi connectivity index (χ0v) is 11.9. The van der Waals surface area contributed by atoms with Gasteiger partial charge >= 0.3 is 0 Å². The molecule has 1 fully saturated rings. The molecule has 0 aliphatic carbocycles. The normalized spacial score (nSPS) is 18.8. The van der Waals surface area contributed by atoms with Crippen molar-refractivity contribution < 1.29 is 19.2 Å². The third kappa shape index (κ3) is 4.66. The molecule has 0 aromatic rings. The van der Waals surface area contributed by atoms with E-state index in [4.69, 9.17) is 0 Å². The molecule has 0 aromatic carbocycles. The Hall–Kier alpha value is -1.37. The van der Waals surface area contributed by atoms with Crippen molar-refractivity contribution in [3.63, 3.8) is 0 Å². The number of hydrogen-bond acceptors (Lipinski definition) is 5. The maximum Gasteiger partial charge on any atom is 0.242 e. The highest BCUT2D eigenvalue weighted by Gasteiger charge is 2.38. The number of nitrogens with zero attached hydrogens (tertiary/aromatic N) is 1. The van der Waals surface area contributed by atoms with Crippen LogP contribution < -0.4 is 5.32 Å². The average Bonchev–Trinajstić information content (AvgIpc) is 2.61. The quantitative estimate of drug-likeness (QED) is 0.664. The standard InChI is InChI=1S/C12H18N2O4S/c1-8(15)4-6-19-9-7-11(17)14(12(9)18)5-3-10(16)13-2/h9H,3-7H2,1-2H3,(H,13,16). The highest BCUT2D eigenvalue weighted by atomic mass is 32.2. The van der Waals surface area contributed by atoms with Gasteiger partial charge in [-0.15, -0.1) is 11.8 Å². The first-order valence-electron chi connectivity index (χ1n) is 6.11. The van der Waals surface area contributed by atoms with Crippen LogP contribution in [0.25, 0.3) is 0 Å². The lowest BCUT2D eigenvalue weighted by Crippen LogP contribution is -2.34. The van der Waals surface area contributed by atoms with Gasteiger partial charge in [-0.1, -0.05) is 0 Å². The average molecular weight is 286 g/mol. The Morgan fingerprint density at radius 2 is 2.05 bits per heavy atom. The molecule has 1 aliphatic heterocycles. The molecule has 1 heterocycles. The van der Waals surface area contributed by atoms with E-state index in [1.807, 2.05) is 0 Å². The van der Waals surface area contributed by atoms with E-state index in [0.29, 0.717) is 12.2 Å². The van der Waals surface area contributed by atoms with Crippen LogP contribution in [-0.4, -0.2) is 53.0 Å². The van der Waals surface area contributed by atoms with Gasteiger partial charge in [0.2, 0.25) is 17.7 Å². The van der Waals surface area contributed by atoms with Gasteiger partial charge in [0.15, 0.2) is 0 Å². The fourth-order valence-corrected chi connectivity index (χ4v) is 2.92. The Balaban J connectivity index is 2.44. The molecule has 1 rings (SSSR count). The summed E-state index contributed by atoms with van der Waals surface area (Å²) < 4.78 is 0. The van der Waals surface area contributed by atoms with Crippen LogP contribution in [0.2, 0.25) is 0 Å². The zero-order valence-electron chi connectivity index (χ0n) is 11.1. The van der Waals surface area contributed by atoms with Crippen LogP contribution in [0.5, 0.6) is 0 Å². The highest BCUT2D eigenvalue weighted by molar-refractivity contribution is 8.00. The van der Waals surface area contributed by atoms with E-state index in [9.17, 15) is 19.2 Å². The van der Waals surface area contributed by atoms with E-state index < -0.39 is 5.25 Å². The minimum absolute atomic E-state index is 0.0701. The number of ketones is 1. The maximum atomic E-state index is 12.0. The number of thioether (sulfide) groups is 1. The molecule has 6 nitrogen and oxygen atoms in total. The number of hydrogen-bond donors (Lipinski definition) is 1. The Bertz CT molecular complexity index is 397. The Morgan fingerprint density at radius 3 is 2.63 bits per heavy atom. The molecule has 1 atom stereocenters. The third-order valence-electron chi connectivity index (χ3n) is 2.82. The van der Waals surface area contributed by atoms with Crippen molar-refractivity contribution in [2.45, 2.75) is 31.4 Å². The van der Waals surface area contributed by atoms with Crippen molar-refractivity contribution in [2.24, 2.45) is 0 Å². The second-order valence-electron chi connectivity index (χ2n) is 4.32. The molecule has 3 amide bonds. The van der Waals surface area contributed by atoms with Gasteiger partial charge in [0.05, 0.1) is 5.25 Å². The minimum Gasteiger partial charge on any atom is -0.359 e. The van der Waals surface area contributed by atoms with E-state index >= 15 is 0 Å². The summed E-state index contributed by atoms with van der Waals surface area (Å²) in [5.41, 5.74) is 0. The second-order valence-corrected chi connectivity index (χ2v) is 5.63. The minimum atomic E-state index is -0.406. The monoisotopic (exact) mass is 286 g/mol. The summed E-state index contributed by atoms with van der Waals surface area (Å²) in [6, 6.07) is 0. The first-order valence-corrected chi connectivity index (χ1v) is 7.16. The van der Waals surface area contributed by atoms with E-state index in [1.165, 1.54) is 25.7 Å². The molecule has 1 unspecified atom stereocenters. The predicted molar refractivity (Wildman–Crippen MR) is 71.6 cm³/mol. The van der Waals surface area contributed by atoms with Crippen LogP contribution in [0, 0.1) is 0 Å². The van der Waals surface area contributed by atoms with Crippen LogP contribution in [0.3, 0.4) is 0 Å². The van der Waals surface area contributed by atoms with Crippen molar-refractivity contribution in [1.29, 1.82) is 0 Å². The van der Waals surface area contributed by atoms with Crippen molar-refractivity contribution in [3.05, 3.63) is 0 Å². The molecule has 0 aromatic heterocycles. The highest BCUT2D eigenvalue weighted by Crippen LogP contribution is 2.25. The molecule has 106 valence electrons. The Morgan fingerprint density at radius 1 is 1.37 bits per heavy atom. The number of nitrogens with one attached hydrogen (secondary N) is 1. The van der Waals surface area contributed by atoms with Gasteiger partial charge in [0.25, 0.3) is 0 Å². The van der Waals surface area contributed by atoms with Gasteiger partial charge in [-0.05, 0) is 6.92 Å². The van der Waals surface area contributed by atoms with Crippen LogP contribution in [0.15, 0.2) is 0 Å². The second kappa shape index (κ2) is 7.28. The molecule has 19 heavy (non-hydrogen) atoms. The SMILES string of the molecule is CNC(=O)CCN1C(=O)CC(SCCC(C)=O)C1=O. The number of Topliss-reactive ketones (excluding diaryl/α,β-unsaturated/α-hetero) is 1. The summed E-state index contributed by atoms with van der Waals surface area (Å²) in [5.74, 6) is -0.0758. The van der Waals surface area contributed by atoms with Crippen LogP contribution in [-0.2, 0) is 19.2 Å². The molecule has 0 spiro atoms. The van der Waals surface area contributed by atoms with Gasteiger partial charge in [-0.25, -0.2) is 0 Å². The molecule has 0 bridgehead atoms. The van der Waals surface area contributed by atoms with Crippen LogP contribution >= 0.6 is 11.8 Å². The number of rotatable bonds is 7.